The fourth-order valence-electron chi connectivity index (χ4n) is 3.80. The van der Waals surface area contributed by atoms with Gasteiger partial charge >= 0.3 is 0 Å². The highest BCUT2D eigenvalue weighted by Gasteiger charge is 2.26. The molecule has 3 aromatic rings. The number of nitrogens with zero attached hydrogens (tertiary/aromatic N) is 4. The molecule has 0 saturated carbocycles. The van der Waals surface area contributed by atoms with Crippen LogP contribution < -0.4 is 5.32 Å². The summed E-state index contributed by atoms with van der Waals surface area (Å²) in [5.41, 5.74) is 4.64. The van der Waals surface area contributed by atoms with Gasteiger partial charge in [-0.25, -0.2) is 9.07 Å². The third-order valence-corrected chi connectivity index (χ3v) is 5.00. The Kier molecular flexibility index (Phi) is 5.40. The molecule has 2 aromatic heterocycles. The van der Waals surface area contributed by atoms with Crippen molar-refractivity contribution < 1.29 is 9.18 Å². The number of hydrogen-bond acceptors (Lipinski definition) is 4. The second-order valence-corrected chi connectivity index (χ2v) is 7.65. The predicted octanol–water partition coefficient (Wildman–Crippen LogP) is 3.60. The number of halogens is 1. The van der Waals surface area contributed by atoms with Crippen LogP contribution in [0.25, 0.3) is 5.69 Å². The summed E-state index contributed by atoms with van der Waals surface area (Å²) in [6, 6.07) is 8.23. The molecule has 0 saturated heterocycles. The fraction of sp³-hybridized carbons (Fsp3) is 0.318. The lowest BCUT2D eigenvalue weighted by atomic mass is 9.95. The molecule has 1 aromatic carbocycles. The number of pyridine rings is 1. The molecule has 0 atom stereocenters. The molecule has 0 spiro atoms. The minimum atomic E-state index is -0.322. The van der Waals surface area contributed by atoms with Crippen molar-refractivity contribution in [2.45, 2.75) is 32.2 Å². The van der Waals surface area contributed by atoms with Crippen molar-refractivity contribution in [3.63, 3.8) is 0 Å². The van der Waals surface area contributed by atoms with Gasteiger partial charge in [0, 0.05) is 24.0 Å². The van der Waals surface area contributed by atoms with Crippen LogP contribution in [0.4, 0.5) is 10.1 Å². The van der Waals surface area contributed by atoms with E-state index >= 15 is 0 Å². The van der Waals surface area contributed by atoms with Crippen molar-refractivity contribution >= 4 is 11.6 Å². The van der Waals surface area contributed by atoms with Crippen LogP contribution in [0.15, 0.2) is 42.7 Å². The number of aromatic nitrogens is 3. The highest BCUT2D eigenvalue weighted by molar-refractivity contribution is 6.04. The molecule has 150 valence electrons. The molecule has 29 heavy (non-hydrogen) atoms. The molecule has 2 heterocycles. The predicted molar refractivity (Wildman–Crippen MR) is 110 cm³/mol. The van der Waals surface area contributed by atoms with Gasteiger partial charge in [0.25, 0.3) is 5.91 Å². The van der Waals surface area contributed by atoms with Crippen LogP contribution in [0.3, 0.4) is 0 Å². The highest BCUT2D eigenvalue weighted by Crippen LogP contribution is 2.28. The van der Waals surface area contributed by atoms with Gasteiger partial charge in [0.15, 0.2) is 5.69 Å². The molecule has 0 aliphatic heterocycles. The first-order valence-electron chi connectivity index (χ1n) is 9.78. The lowest BCUT2D eigenvalue weighted by Crippen LogP contribution is -2.16. The van der Waals surface area contributed by atoms with E-state index in [2.05, 4.69) is 15.4 Å². The zero-order valence-corrected chi connectivity index (χ0v) is 16.7. The molecule has 7 heteroatoms. The average Bonchev–Trinajstić information content (AvgIpc) is 3.08. The molecule has 1 aliphatic carbocycles. The lowest BCUT2D eigenvalue weighted by molar-refractivity contribution is 0.102. The van der Waals surface area contributed by atoms with Crippen LogP contribution in [0.2, 0.25) is 0 Å². The number of rotatable bonds is 5. The van der Waals surface area contributed by atoms with Crippen LogP contribution in [-0.2, 0) is 19.4 Å². The van der Waals surface area contributed by atoms with Gasteiger partial charge in [0.2, 0.25) is 0 Å². The second kappa shape index (κ2) is 8.13. The van der Waals surface area contributed by atoms with Crippen molar-refractivity contribution in [2.24, 2.45) is 0 Å². The third-order valence-electron chi connectivity index (χ3n) is 5.00. The second-order valence-electron chi connectivity index (χ2n) is 7.65. The van der Waals surface area contributed by atoms with Crippen LogP contribution in [0.1, 0.15) is 40.2 Å². The largest absolute Gasteiger partial charge is 0.319 e. The Morgan fingerprint density at radius 3 is 2.83 bits per heavy atom. The molecule has 0 fully saturated rings. The van der Waals surface area contributed by atoms with E-state index < -0.39 is 0 Å². The van der Waals surface area contributed by atoms with Crippen molar-refractivity contribution in [2.75, 3.05) is 19.4 Å². The molecule has 0 unspecified atom stereocenters. The molecule has 4 rings (SSSR count). The van der Waals surface area contributed by atoms with Crippen LogP contribution in [0, 0.1) is 5.82 Å². The topological polar surface area (TPSA) is 63.1 Å². The molecule has 1 amide bonds. The SMILES string of the molecule is CN(C)Cc1cncc(NC(=O)c2nn(-c3cccc(F)c3)c3c2CCCC3)c1. The van der Waals surface area contributed by atoms with E-state index in [4.69, 9.17) is 0 Å². The van der Waals surface area contributed by atoms with Gasteiger partial charge in [0.1, 0.15) is 5.82 Å². The Balaban J connectivity index is 1.65. The molecule has 0 radical (unpaired) electrons. The average molecular weight is 393 g/mol. The maximum Gasteiger partial charge on any atom is 0.276 e. The quantitative estimate of drug-likeness (QED) is 0.719. The monoisotopic (exact) mass is 393 g/mol. The smallest absolute Gasteiger partial charge is 0.276 e. The number of fused-ring (bicyclic) bond motifs is 1. The summed E-state index contributed by atoms with van der Waals surface area (Å²) >= 11 is 0. The summed E-state index contributed by atoms with van der Waals surface area (Å²) in [5, 5.41) is 7.51. The molecule has 1 aliphatic rings. The van der Waals surface area contributed by atoms with Crippen LogP contribution in [0.5, 0.6) is 0 Å². The van der Waals surface area contributed by atoms with E-state index in [0.717, 1.165) is 49.0 Å². The van der Waals surface area contributed by atoms with Crippen LogP contribution in [-0.4, -0.2) is 39.7 Å². The van der Waals surface area contributed by atoms with Gasteiger partial charge in [-0.15, -0.1) is 0 Å². The number of amides is 1. The van der Waals surface area contributed by atoms with E-state index in [1.165, 1.54) is 12.1 Å². The summed E-state index contributed by atoms with van der Waals surface area (Å²) in [4.78, 5) is 19.3. The van der Waals surface area contributed by atoms with Crippen molar-refractivity contribution in [3.05, 3.63) is 71.1 Å². The molecular formula is C22H24FN5O. The van der Waals surface area contributed by atoms with Crippen molar-refractivity contribution in [3.8, 4) is 5.69 Å². The van der Waals surface area contributed by atoms with Crippen molar-refractivity contribution in [1.29, 1.82) is 0 Å². The summed E-state index contributed by atoms with van der Waals surface area (Å²) in [5.74, 6) is -0.584. The number of carbonyl (C=O) groups excluding carboxylic acids is 1. The first-order valence-corrected chi connectivity index (χ1v) is 9.78. The zero-order valence-electron chi connectivity index (χ0n) is 16.7. The Morgan fingerprint density at radius 2 is 2.03 bits per heavy atom. The number of hydrogen-bond donors (Lipinski definition) is 1. The lowest BCUT2D eigenvalue weighted by Gasteiger charge is -2.14. The molecule has 1 N–H and O–H groups in total. The number of nitrogens with one attached hydrogen (secondary N) is 1. The fourth-order valence-corrected chi connectivity index (χ4v) is 3.80. The Labute approximate surface area is 169 Å². The minimum Gasteiger partial charge on any atom is -0.319 e. The normalized spacial score (nSPS) is 13.4. The summed E-state index contributed by atoms with van der Waals surface area (Å²) in [6.07, 6.45) is 7.09. The van der Waals surface area contributed by atoms with Gasteiger partial charge in [-0.05, 0) is 69.6 Å². The first-order chi connectivity index (χ1) is 14.0. The van der Waals surface area contributed by atoms with E-state index in [9.17, 15) is 9.18 Å². The summed E-state index contributed by atoms with van der Waals surface area (Å²) in [6.45, 7) is 0.736. The van der Waals surface area contributed by atoms with Gasteiger partial charge in [-0.2, -0.15) is 5.10 Å². The van der Waals surface area contributed by atoms with E-state index in [0.29, 0.717) is 17.1 Å². The zero-order chi connectivity index (χ0) is 20.4. The van der Waals surface area contributed by atoms with Crippen molar-refractivity contribution in [1.82, 2.24) is 19.7 Å². The number of carbonyl (C=O) groups is 1. The highest BCUT2D eigenvalue weighted by atomic mass is 19.1. The van der Waals surface area contributed by atoms with Crippen LogP contribution >= 0.6 is 0 Å². The Hall–Kier alpha value is -3.06. The molecule has 0 bridgehead atoms. The van der Waals surface area contributed by atoms with Gasteiger partial charge < -0.3 is 10.2 Å². The maximum atomic E-state index is 13.7. The van der Waals surface area contributed by atoms with E-state index in [-0.39, 0.29) is 11.7 Å². The minimum absolute atomic E-state index is 0.262. The standard InChI is InChI=1S/C22H24FN5O/c1-27(2)14-15-10-17(13-24-12-15)25-22(29)21-19-8-3-4-9-20(19)28(26-21)18-7-5-6-16(23)11-18/h5-7,10-13H,3-4,8-9,14H2,1-2H3,(H,25,29). The molecule has 6 nitrogen and oxygen atoms in total. The maximum absolute atomic E-state index is 13.7. The summed E-state index contributed by atoms with van der Waals surface area (Å²) < 4.78 is 15.5. The Bertz CT molecular complexity index is 1040. The van der Waals surface area contributed by atoms with Gasteiger partial charge in [0.05, 0.1) is 17.6 Å². The van der Waals surface area contributed by atoms with Gasteiger partial charge in [-0.3, -0.25) is 9.78 Å². The number of benzene rings is 1. The molecular weight excluding hydrogens is 369 g/mol. The number of anilines is 1. The van der Waals surface area contributed by atoms with E-state index in [1.807, 2.05) is 25.1 Å². The Morgan fingerprint density at radius 1 is 1.21 bits per heavy atom. The van der Waals surface area contributed by atoms with Gasteiger partial charge in [-0.1, -0.05) is 6.07 Å². The third kappa shape index (κ3) is 4.19. The van der Waals surface area contributed by atoms with E-state index in [1.54, 1.807) is 29.2 Å². The summed E-state index contributed by atoms with van der Waals surface area (Å²) in [7, 11) is 3.97. The first kappa shape index (κ1) is 19.3.